The minimum atomic E-state index is -0.523. The fraction of sp³-hybridized carbons (Fsp3) is 0.471. The van der Waals surface area contributed by atoms with Crippen LogP contribution in [0.4, 0.5) is 0 Å². The quantitative estimate of drug-likeness (QED) is 0.612. The molecule has 1 N–H and O–H groups in total. The van der Waals surface area contributed by atoms with Crippen LogP contribution in [0.2, 0.25) is 0 Å². The Morgan fingerprint density at radius 2 is 1.74 bits per heavy atom. The van der Waals surface area contributed by atoms with Gasteiger partial charge in [0.2, 0.25) is 11.8 Å². The largest absolute Gasteiger partial charge is 0.463 e. The van der Waals surface area contributed by atoms with E-state index in [1.165, 1.54) is 4.90 Å². The van der Waals surface area contributed by atoms with Gasteiger partial charge < -0.3 is 15.0 Å². The van der Waals surface area contributed by atoms with Crippen LogP contribution in [0.1, 0.15) is 38.3 Å². The highest BCUT2D eigenvalue weighted by atomic mass is 16.5. The second kappa shape index (κ2) is 8.92. The molecule has 0 saturated heterocycles. The zero-order valence-electron chi connectivity index (χ0n) is 14.0. The monoisotopic (exact) mass is 320 g/mol. The number of nitrogens with zero attached hydrogens (tertiary/aromatic N) is 1. The third-order valence-electron chi connectivity index (χ3n) is 3.09. The fourth-order valence-corrected chi connectivity index (χ4v) is 1.96. The van der Waals surface area contributed by atoms with Crippen molar-refractivity contribution in [2.75, 3.05) is 14.1 Å². The summed E-state index contributed by atoms with van der Waals surface area (Å²) in [4.78, 5) is 36.9. The van der Waals surface area contributed by atoms with E-state index in [0.29, 0.717) is 0 Å². The van der Waals surface area contributed by atoms with Gasteiger partial charge in [-0.25, -0.2) is 0 Å². The molecular formula is C17H24N2O4. The first-order valence-corrected chi connectivity index (χ1v) is 7.53. The zero-order valence-corrected chi connectivity index (χ0v) is 14.0. The summed E-state index contributed by atoms with van der Waals surface area (Å²) in [5, 5.41) is 2.74. The number of carbonyl (C=O) groups is 3. The molecule has 0 aliphatic carbocycles. The van der Waals surface area contributed by atoms with Crippen LogP contribution in [0.5, 0.6) is 0 Å². The first kappa shape index (κ1) is 18.7. The van der Waals surface area contributed by atoms with Crippen molar-refractivity contribution in [2.45, 2.75) is 38.8 Å². The van der Waals surface area contributed by atoms with Crippen LogP contribution in [0, 0.1) is 0 Å². The standard InChI is InChI=1S/C17H24N2O4/c1-12(2)23-17(22)10-14(13-8-6-5-7-9-13)18-15(20)11-16(21)19(3)4/h5-9,12,14H,10-11H2,1-4H3,(H,18,20)/t14-/m0/s1. The van der Waals surface area contributed by atoms with Gasteiger partial charge in [-0.3, -0.25) is 14.4 Å². The number of ether oxygens (including phenoxy) is 1. The van der Waals surface area contributed by atoms with Gasteiger partial charge in [-0.15, -0.1) is 0 Å². The smallest absolute Gasteiger partial charge is 0.308 e. The van der Waals surface area contributed by atoms with Gasteiger partial charge in [0.1, 0.15) is 6.42 Å². The van der Waals surface area contributed by atoms with E-state index < -0.39 is 17.9 Å². The molecule has 23 heavy (non-hydrogen) atoms. The fourth-order valence-electron chi connectivity index (χ4n) is 1.96. The van der Waals surface area contributed by atoms with Crippen LogP contribution in [0.3, 0.4) is 0 Å². The zero-order chi connectivity index (χ0) is 17.4. The van der Waals surface area contributed by atoms with Gasteiger partial charge in [-0.2, -0.15) is 0 Å². The SMILES string of the molecule is CC(C)OC(=O)C[C@H](NC(=O)CC(=O)N(C)C)c1ccccc1. The molecule has 0 aromatic heterocycles. The lowest BCUT2D eigenvalue weighted by atomic mass is 10.0. The van der Waals surface area contributed by atoms with Crippen LogP contribution in [-0.4, -0.2) is 42.9 Å². The predicted octanol–water partition coefficient (Wildman–Crippen LogP) is 1.66. The van der Waals surface area contributed by atoms with E-state index in [1.54, 1.807) is 27.9 Å². The number of esters is 1. The van der Waals surface area contributed by atoms with E-state index in [2.05, 4.69) is 5.32 Å². The Labute approximate surface area is 136 Å². The molecule has 6 nitrogen and oxygen atoms in total. The second-order valence-electron chi connectivity index (χ2n) is 5.74. The molecule has 0 aliphatic heterocycles. The maximum atomic E-state index is 12.0. The number of amides is 2. The van der Waals surface area contributed by atoms with Crippen molar-refractivity contribution < 1.29 is 19.1 Å². The lowest BCUT2D eigenvalue weighted by Crippen LogP contribution is -2.35. The molecule has 2 amide bonds. The number of carbonyl (C=O) groups excluding carboxylic acids is 3. The van der Waals surface area contributed by atoms with Crippen molar-refractivity contribution in [3.63, 3.8) is 0 Å². The van der Waals surface area contributed by atoms with E-state index in [9.17, 15) is 14.4 Å². The molecule has 6 heteroatoms. The lowest BCUT2D eigenvalue weighted by molar-refractivity contribution is -0.148. The molecule has 0 heterocycles. The number of rotatable bonds is 7. The van der Waals surface area contributed by atoms with Crippen molar-refractivity contribution in [1.82, 2.24) is 10.2 Å². The molecule has 0 spiro atoms. The van der Waals surface area contributed by atoms with Gasteiger partial charge in [0.25, 0.3) is 0 Å². The van der Waals surface area contributed by atoms with Crippen molar-refractivity contribution in [3.8, 4) is 0 Å². The van der Waals surface area contributed by atoms with Crippen molar-refractivity contribution in [1.29, 1.82) is 0 Å². The maximum Gasteiger partial charge on any atom is 0.308 e. The Balaban J connectivity index is 2.78. The second-order valence-corrected chi connectivity index (χ2v) is 5.74. The summed E-state index contributed by atoms with van der Waals surface area (Å²) in [6, 6.07) is 8.62. The van der Waals surface area contributed by atoms with E-state index in [0.717, 1.165) is 5.56 Å². The van der Waals surface area contributed by atoms with Crippen LogP contribution in [0.15, 0.2) is 30.3 Å². The minimum absolute atomic E-state index is 0.0179. The minimum Gasteiger partial charge on any atom is -0.463 e. The van der Waals surface area contributed by atoms with Crippen LogP contribution >= 0.6 is 0 Å². The molecule has 0 radical (unpaired) electrons. The summed E-state index contributed by atoms with van der Waals surface area (Å²) >= 11 is 0. The summed E-state index contributed by atoms with van der Waals surface area (Å²) in [6.45, 7) is 3.54. The summed E-state index contributed by atoms with van der Waals surface area (Å²) in [5.74, 6) is -1.11. The highest BCUT2D eigenvalue weighted by molar-refractivity contribution is 5.97. The maximum absolute atomic E-state index is 12.0. The van der Waals surface area contributed by atoms with Crippen molar-refractivity contribution in [2.24, 2.45) is 0 Å². The summed E-state index contributed by atoms with van der Waals surface area (Å²) < 4.78 is 5.14. The molecule has 1 aromatic rings. The molecule has 0 aliphatic rings. The molecule has 1 atom stereocenters. The highest BCUT2D eigenvalue weighted by Gasteiger charge is 2.21. The van der Waals surface area contributed by atoms with Gasteiger partial charge in [0.05, 0.1) is 18.6 Å². The van der Waals surface area contributed by atoms with E-state index in [-0.39, 0.29) is 24.9 Å². The van der Waals surface area contributed by atoms with Crippen LogP contribution in [0.25, 0.3) is 0 Å². The molecule has 126 valence electrons. The highest BCUT2D eigenvalue weighted by Crippen LogP contribution is 2.18. The van der Waals surface area contributed by atoms with E-state index in [4.69, 9.17) is 4.74 Å². The van der Waals surface area contributed by atoms with Gasteiger partial charge in [0, 0.05) is 14.1 Å². The van der Waals surface area contributed by atoms with E-state index in [1.807, 2.05) is 30.3 Å². The number of hydrogen-bond donors (Lipinski definition) is 1. The first-order valence-electron chi connectivity index (χ1n) is 7.53. The van der Waals surface area contributed by atoms with Gasteiger partial charge in [0.15, 0.2) is 0 Å². The Hall–Kier alpha value is -2.37. The molecule has 0 bridgehead atoms. The van der Waals surface area contributed by atoms with Crippen molar-refractivity contribution >= 4 is 17.8 Å². The summed E-state index contributed by atoms with van der Waals surface area (Å²) in [7, 11) is 3.18. The van der Waals surface area contributed by atoms with E-state index >= 15 is 0 Å². The van der Waals surface area contributed by atoms with Crippen LogP contribution in [-0.2, 0) is 19.1 Å². The Bertz CT molecular complexity index is 541. The molecule has 1 rings (SSSR count). The van der Waals surface area contributed by atoms with Crippen molar-refractivity contribution in [3.05, 3.63) is 35.9 Å². The predicted molar refractivity (Wildman–Crippen MR) is 86.5 cm³/mol. The topological polar surface area (TPSA) is 75.7 Å². The first-order chi connectivity index (χ1) is 10.8. The lowest BCUT2D eigenvalue weighted by Gasteiger charge is -2.20. The number of nitrogens with one attached hydrogen (secondary N) is 1. The number of benzene rings is 1. The summed E-state index contributed by atoms with van der Waals surface area (Å²) in [6.07, 6.45) is -0.454. The third-order valence-corrected chi connectivity index (χ3v) is 3.09. The molecule has 1 aromatic carbocycles. The van der Waals surface area contributed by atoms with Gasteiger partial charge in [-0.05, 0) is 19.4 Å². The number of hydrogen-bond acceptors (Lipinski definition) is 4. The molecule has 0 fully saturated rings. The van der Waals surface area contributed by atoms with Gasteiger partial charge in [-0.1, -0.05) is 30.3 Å². The van der Waals surface area contributed by atoms with Crippen LogP contribution < -0.4 is 5.32 Å². The average molecular weight is 320 g/mol. The summed E-state index contributed by atoms with van der Waals surface area (Å²) in [5.41, 5.74) is 0.791. The Morgan fingerprint density at radius 3 is 2.26 bits per heavy atom. The Kier molecular flexibility index (Phi) is 7.25. The van der Waals surface area contributed by atoms with Gasteiger partial charge >= 0.3 is 5.97 Å². The normalized spacial score (nSPS) is 11.7. The third kappa shape index (κ3) is 6.95. The average Bonchev–Trinajstić information content (AvgIpc) is 2.46. The molecular weight excluding hydrogens is 296 g/mol. The Morgan fingerprint density at radius 1 is 1.13 bits per heavy atom. The molecule has 0 unspecified atom stereocenters. The molecule has 0 saturated carbocycles.